The van der Waals surface area contributed by atoms with Crippen LogP contribution < -0.4 is 11.0 Å². The fraction of sp³-hybridized carbons (Fsp3) is 0. The van der Waals surface area contributed by atoms with E-state index in [0.29, 0.717) is 15.2 Å². The van der Waals surface area contributed by atoms with Gasteiger partial charge in [-0.15, -0.1) is 0 Å². The predicted molar refractivity (Wildman–Crippen MR) is 91.5 cm³/mol. The number of benzene rings is 2. The first-order chi connectivity index (χ1) is 11.6. The Bertz CT molecular complexity index is 1020. The first kappa shape index (κ1) is 16.0. The Balaban J connectivity index is 1.84. The molecule has 1 amide bonds. The summed E-state index contributed by atoms with van der Waals surface area (Å²) in [6.07, 6.45) is 1.19. The van der Waals surface area contributed by atoms with Crippen molar-refractivity contribution >= 4 is 38.8 Å². The summed E-state index contributed by atoms with van der Waals surface area (Å²) in [5, 5.41) is 10.5. The highest BCUT2D eigenvalue weighted by molar-refractivity contribution is 9.10. The van der Waals surface area contributed by atoms with E-state index in [9.17, 15) is 14.0 Å². The molecule has 2 aromatic carbocycles. The predicted octanol–water partition coefficient (Wildman–Crippen LogP) is 2.59. The van der Waals surface area contributed by atoms with Gasteiger partial charge in [-0.2, -0.15) is 10.2 Å². The first-order valence-corrected chi connectivity index (χ1v) is 7.61. The number of hydrogen-bond donors (Lipinski definition) is 2. The van der Waals surface area contributed by atoms with Crippen molar-refractivity contribution in [3.63, 3.8) is 0 Å². The maximum Gasteiger partial charge on any atom is 0.292 e. The number of rotatable bonds is 3. The van der Waals surface area contributed by atoms with E-state index in [1.165, 1.54) is 18.3 Å². The second kappa shape index (κ2) is 6.71. The summed E-state index contributed by atoms with van der Waals surface area (Å²) in [6.45, 7) is 0. The molecular formula is C16H10BrFN4O2. The third kappa shape index (κ3) is 3.23. The summed E-state index contributed by atoms with van der Waals surface area (Å²) in [5.74, 6) is -1.09. The molecule has 8 heteroatoms. The van der Waals surface area contributed by atoms with E-state index < -0.39 is 11.7 Å². The monoisotopic (exact) mass is 388 g/mol. The molecule has 0 spiro atoms. The standard InChI is InChI=1S/C16H10BrFN4O2/c17-10-6-5-9(13(18)7-10)8-19-21-16(24)14-11-3-1-2-4-12(11)15(23)22-20-14/h1-8H,(H,21,24)(H,22,23)/b19-8-. The molecular weight excluding hydrogens is 379 g/mol. The van der Waals surface area contributed by atoms with Crippen molar-refractivity contribution in [3.8, 4) is 0 Å². The smallest absolute Gasteiger partial charge is 0.267 e. The molecule has 0 saturated heterocycles. The summed E-state index contributed by atoms with van der Waals surface area (Å²) < 4.78 is 14.3. The third-order valence-corrected chi connectivity index (χ3v) is 3.74. The van der Waals surface area contributed by atoms with Crippen molar-refractivity contribution < 1.29 is 9.18 Å². The van der Waals surface area contributed by atoms with Crippen LogP contribution in [0.25, 0.3) is 10.8 Å². The van der Waals surface area contributed by atoms with Crippen LogP contribution in [0.5, 0.6) is 0 Å². The van der Waals surface area contributed by atoms with Gasteiger partial charge < -0.3 is 0 Å². The largest absolute Gasteiger partial charge is 0.292 e. The quantitative estimate of drug-likeness (QED) is 0.533. The van der Waals surface area contributed by atoms with Crippen molar-refractivity contribution in [2.24, 2.45) is 5.10 Å². The number of aromatic amines is 1. The lowest BCUT2D eigenvalue weighted by Gasteiger charge is -2.03. The summed E-state index contributed by atoms with van der Waals surface area (Å²) in [7, 11) is 0. The van der Waals surface area contributed by atoms with Crippen molar-refractivity contribution in [2.45, 2.75) is 0 Å². The van der Waals surface area contributed by atoms with E-state index in [1.54, 1.807) is 30.3 Å². The van der Waals surface area contributed by atoms with Crippen LogP contribution >= 0.6 is 15.9 Å². The summed E-state index contributed by atoms with van der Waals surface area (Å²) in [5.41, 5.74) is 2.13. The van der Waals surface area contributed by atoms with E-state index in [4.69, 9.17) is 0 Å². The van der Waals surface area contributed by atoms with Gasteiger partial charge in [0.15, 0.2) is 5.69 Å². The van der Waals surface area contributed by atoms with Gasteiger partial charge in [0.05, 0.1) is 11.6 Å². The molecule has 0 bridgehead atoms. The molecule has 0 fully saturated rings. The van der Waals surface area contributed by atoms with E-state index in [1.807, 2.05) is 0 Å². The van der Waals surface area contributed by atoms with E-state index >= 15 is 0 Å². The number of hydrogen-bond acceptors (Lipinski definition) is 4. The molecule has 0 aliphatic heterocycles. The minimum atomic E-state index is -0.615. The third-order valence-electron chi connectivity index (χ3n) is 3.24. The molecule has 0 unspecified atom stereocenters. The van der Waals surface area contributed by atoms with Gasteiger partial charge in [0.2, 0.25) is 0 Å². The number of nitrogens with zero attached hydrogens (tertiary/aromatic N) is 2. The summed E-state index contributed by atoms with van der Waals surface area (Å²) in [4.78, 5) is 23.9. The molecule has 2 N–H and O–H groups in total. The van der Waals surface area contributed by atoms with Crippen molar-refractivity contribution in [2.75, 3.05) is 0 Å². The zero-order chi connectivity index (χ0) is 17.1. The van der Waals surface area contributed by atoms with E-state index in [0.717, 1.165) is 0 Å². The van der Waals surface area contributed by atoms with Crippen LogP contribution in [0.2, 0.25) is 0 Å². The maximum atomic E-state index is 13.7. The Kier molecular flexibility index (Phi) is 4.48. The minimum Gasteiger partial charge on any atom is -0.267 e. The van der Waals surface area contributed by atoms with Gasteiger partial charge in [-0.05, 0) is 24.3 Å². The lowest BCUT2D eigenvalue weighted by atomic mass is 10.1. The Labute approximate surface area is 143 Å². The van der Waals surface area contributed by atoms with Crippen LogP contribution in [-0.4, -0.2) is 22.3 Å². The highest BCUT2D eigenvalue weighted by Crippen LogP contribution is 2.14. The Hall–Kier alpha value is -2.87. The maximum absolute atomic E-state index is 13.7. The zero-order valence-electron chi connectivity index (χ0n) is 12.1. The summed E-state index contributed by atoms with van der Waals surface area (Å²) >= 11 is 3.16. The van der Waals surface area contributed by atoms with Gasteiger partial charge in [-0.3, -0.25) is 9.59 Å². The van der Waals surface area contributed by atoms with Gasteiger partial charge >= 0.3 is 0 Å². The fourth-order valence-electron chi connectivity index (χ4n) is 2.11. The highest BCUT2D eigenvalue weighted by atomic mass is 79.9. The molecule has 0 radical (unpaired) electrons. The second-order valence-electron chi connectivity index (χ2n) is 4.81. The SMILES string of the molecule is O=C(N/N=C\c1ccc(Br)cc1F)c1n[nH]c(=O)c2ccccc12. The van der Waals surface area contributed by atoms with Gasteiger partial charge in [-0.25, -0.2) is 14.9 Å². The van der Waals surface area contributed by atoms with Crippen LogP contribution in [0, 0.1) is 5.82 Å². The number of nitrogens with one attached hydrogen (secondary N) is 2. The average Bonchev–Trinajstić information content (AvgIpc) is 2.57. The number of halogens is 2. The number of amides is 1. The van der Waals surface area contributed by atoms with Crippen LogP contribution in [-0.2, 0) is 0 Å². The van der Waals surface area contributed by atoms with Gasteiger partial charge in [0.25, 0.3) is 11.5 Å². The van der Waals surface area contributed by atoms with Crippen LogP contribution in [0.4, 0.5) is 4.39 Å². The summed E-state index contributed by atoms with van der Waals surface area (Å²) in [6, 6.07) is 11.1. The Morgan fingerprint density at radius 2 is 2.00 bits per heavy atom. The Morgan fingerprint density at radius 1 is 1.25 bits per heavy atom. The van der Waals surface area contributed by atoms with Gasteiger partial charge in [-0.1, -0.05) is 34.1 Å². The highest BCUT2D eigenvalue weighted by Gasteiger charge is 2.13. The topological polar surface area (TPSA) is 87.2 Å². The first-order valence-electron chi connectivity index (χ1n) is 6.82. The zero-order valence-corrected chi connectivity index (χ0v) is 13.7. The number of carbonyl (C=O) groups is 1. The van der Waals surface area contributed by atoms with Gasteiger partial charge in [0.1, 0.15) is 5.82 Å². The molecule has 0 atom stereocenters. The second-order valence-corrected chi connectivity index (χ2v) is 5.73. The van der Waals surface area contributed by atoms with Gasteiger partial charge in [0, 0.05) is 15.4 Å². The molecule has 0 saturated carbocycles. The molecule has 120 valence electrons. The molecule has 6 nitrogen and oxygen atoms in total. The molecule has 24 heavy (non-hydrogen) atoms. The molecule has 3 rings (SSSR count). The lowest BCUT2D eigenvalue weighted by Crippen LogP contribution is -2.22. The number of H-pyrrole nitrogens is 1. The number of hydrazone groups is 1. The Morgan fingerprint density at radius 3 is 2.75 bits per heavy atom. The normalized spacial score (nSPS) is 11.1. The molecule has 1 aromatic heterocycles. The van der Waals surface area contributed by atoms with E-state index in [2.05, 4.69) is 36.7 Å². The molecule has 0 aliphatic rings. The molecule has 3 aromatic rings. The van der Waals surface area contributed by atoms with Crippen LogP contribution in [0.3, 0.4) is 0 Å². The lowest BCUT2D eigenvalue weighted by molar-refractivity contribution is 0.0951. The fourth-order valence-corrected chi connectivity index (χ4v) is 2.44. The van der Waals surface area contributed by atoms with Crippen LogP contribution in [0.1, 0.15) is 16.1 Å². The number of aromatic nitrogens is 2. The molecule has 1 heterocycles. The number of carbonyl (C=O) groups excluding carboxylic acids is 1. The molecule has 0 aliphatic carbocycles. The van der Waals surface area contributed by atoms with E-state index in [-0.39, 0.29) is 16.8 Å². The average molecular weight is 389 g/mol. The van der Waals surface area contributed by atoms with Crippen LogP contribution in [0.15, 0.2) is 56.8 Å². The minimum absolute atomic E-state index is 0.0265. The van der Waals surface area contributed by atoms with Crippen molar-refractivity contribution in [1.29, 1.82) is 0 Å². The van der Waals surface area contributed by atoms with Crippen molar-refractivity contribution in [3.05, 3.63) is 74.4 Å². The number of fused-ring (bicyclic) bond motifs is 1. The van der Waals surface area contributed by atoms with Crippen molar-refractivity contribution in [1.82, 2.24) is 15.6 Å².